The SMILES string of the molecule is COC(=O)C(CCCCOS(=O)(=O)c1ccccc1[N+](=O)[O-])OS(=O)(=O)c1ccccc1[N+](=O)[O-]. The zero-order chi connectivity index (χ0) is 26.2. The predicted octanol–water partition coefficient (Wildman–Crippen LogP) is 2.33. The standard InChI is InChI=1S/C19H20N2O12S2/c1-31-19(22)16(33-35(29,30)18-12-5-3-9-15(18)21(25)26)10-6-7-13-32-34(27,28)17-11-4-2-8-14(17)20(23)24/h2-5,8-9,11-12,16H,6-7,10,13H2,1H3. The first-order valence-electron chi connectivity index (χ1n) is 9.78. The predicted molar refractivity (Wildman–Crippen MR) is 117 cm³/mol. The lowest BCUT2D eigenvalue weighted by atomic mass is 10.1. The van der Waals surface area contributed by atoms with E-state index in [9.17, 15) is 41.9 Å². The zero-order valence-corrected chi connectivity index (χ0v) is 19.8. The summed E-state index contributed by atoms with van der Waals surface area (Å²) in [5, 5.41) is 22.2. The Morgan fingerprint density at radius 1 is 0.857 bits per heavy atom. The Bertz CT molecular complexity index is 1310. The van der Waals surface area contributed by atoms with Crippen molar-refractivity contribution in [3.8, 4) is 0 Å². The summed E-state index contributed by atoms with van der Waals surface area (Å²) in [6.45, 7) is -0.431. The van der Waals surface area contributed by atoms with E-state index in [-0.39, 0.29) is 19.3 Å². The minimum atomic E-state index is -4.74. The van der Waals surface area contributed by atoms with Gasteiger partial charge in [-0.05, 0) is 31.4 Å². The van der Waals surface area contributed by atoms with Gasteiger partial charge in [0.25, 0.3) is 11.4 Å². The third-order valence-electron chi connectivity index (χ3n) is 4.47. The molecule has 0 amide bonds. The summed E-state index contributed by atoms with van der Waals surface area (Å²) in [7, 11) is -8.21. The highest BCUT2D eigenvalue weighted by atomic mass is 32.2. The molecule has 0 spiro atoms. The van der Waals surface area contributed by atoms with E-state index in [2.05, 4.69) is 4.74 Å². The van der Waals surface area contributed by atoms with Crippen LogP contribution in [0.15, 0.2) is 58.3 Å². The Morgan fingerprint density at radius 2 is 1.34 bits per heavy atom. The number of nitro benzene ring substituents is 2. The van der Waals surface area contributed by atoms with Gasteiger partial charge in [-0.1, -0.05) is 24.3 Å². The molecule has 0 aliphatic rings. The van der Waals surface area contributed by atoms with E-state index in [1.165, 1.54) is 24.3 Å². The number of carbonyl (C=O) groups is 1. The Kier molecular flexibility index (Phi) is 9.35. The van der Waals surface area contributed by atoms with Crippen molar-refractivity contribution in [1.29, 1.82) is 0 Å². The fourth-order valence-electron chi connectivity index (χ4n) is 2.84. The second kappa shape index (κ2) is 11.8. The monoisotopic (exact) mass is 532 g/mol. The largest absolute Gasteiger partial charge is 0.467 e. The van der Waals surface area contributed by atoms with Gasteiger partial charge in [-0.2, -0.15) is 16.8 Å². The number of carbonyl (C=O) groups excluding carboxylic acids is 1. The Hall–Kier alpha value is -3.47. The second-order valence-electron chi connectivity index (χ2n) is 6.78. The van der Waals surface area contributed by atoms with Gasteiger partial charge in [0.2, 0.25) is 0 Å². The molecule has 0 saturated carbocycles. The van der Waals surface area contributed by atoms with Crippen molar-refractivity contribution in [1.82, 2.24) is 0 Å². The van der Waals surface area contributed by atoms with Crippen LogP contribution in [-0.4, -0.2) is 52.5 Å². The molecule has 0 aromatic heterocycles. The molecule has 0 saturated heterocycles. The van der Waals surface area contributed by atoms with Gasteiger partial charge in [-0.15, -0.1) is 0 Å². The number of hydrogen-bond donors (Lipinski definition) is 0. The number of para-hydroxylation sites is 2. The molecule has 0 N–H and O–H groups in total. The molecule has 0 aliphatic heterocycles. The Labute approximate surface area is 200 Å². The van der Waals surface area contributed by atoms with Crippen molar-refractivity contribution in [2.24, 2.45) is 0 Å². The van der Waals surface area contributed by atoms with Gasteiger partial charge in [0.15, 0.2) is 15.9 Å². The molecule has 2 aromatic rings. The third-order valence-corrected chi connectivity index (χ3v) is 7.20. The van der Waals surface area contributed by atoms with Crippen molar-refractivity contribution in [2.75, 3.05) is 13.7 Å². The van der Waals surface area contributed by atoms with Gasteiger partial charge < -0.3 is 4.74 Å². The minimum absolute atomic E-state index is 0.0117. The molecule has 0 radical (unpaired) electrons. The molecular formula is C19H20N2O12S2. The third kappa shape index (κ3) is 7.25. The molecule has 0 aliphatic carbocycles. The number of hydrogen-bond acceptors (Lipinski definition) is 12. The quantitative estimate of drug-likeness (QED) is 0.120. The Morgan fingerprint density at radius 3 is 1.83 bits per heavy atom. The van der Waals surface area contributed by atoms with E-state index in [1.54, 1.807) is 0 Å². The van der Waals surface area contributed by atoms with Gasteiger partial charge in [0.05, 0.1) is 23.6 Å². The van der Waals surface area contributed by atoms with Crippen LogP contribution in [0.3, 0.4) is 0 Å². The van der Waals surface area contributed by atoms with Gasteiger partial charge in [0, 0.05) is 12.1 Å². The van der Waals surface area contributed by atoms with Crippen LogP contribution in [-0.2, 0) is 38.1 Å². The highest BCUT2D eigenvalue weighted by Crippen LogP contribution is 2.27. The zero-order valence-electron chi connectivity index (χ0n) is 18.1. The molecule has 2 aromatic carbocycles. The first-order valence-corrected chi connectivity index (χ1v) is 12.6. The number of nitro groups is 2. The number of methoxy groups -OCH3 is 1. The lowest BCUT2D eigenvalue weighted by molar-refractivity contribution is -0.388. The molecule has 1 unspecified atom stereocenters. The number of nitrogens with zero attached hydrogens (tertiary/aromatic N) is 2. The molecule has 0 bridgehead atoms. The average Bonchev–Trinajstić information content (AvgIpc) is 2.82. The summed E-state index contributed by atoms with van der Waals surface area (Å²) in [5.41, 5.74) is -1.41. The van der Waals surface area contributed by atoms with Crippen LogP contribution in [0.5, 0.6) is 0 Å². The maximum Gasteiger partial charge on any atom is 0.336 e. The number of esters is 1. The summed E-state index contributed by atoms with van der Waals surface area (Å²) in [6, 6.07) is 9.01. The summed E-state index contributed by atoms with van der Waals surface area (Å²) >= 11 is 0. The van der Waals surface area contributed by atoms with Crippen LogP contribution >= 0.6 is 0 Å². The smallest absolute Gasteiger partial charge is 0.336 e. The number of benzene rings is 2. The lowest BCUT2D eigenvalue weighted by Crippen LogP contribution is -2.29. The van der Waals surface area contributed by atoms with Crippen LogP contribution in [0.2, 0.25) is 0 Å². The molecular weight excluding hydrogens is 512 g/mol. The molecule has 1 atom stereocenters. The van der Waals surface area contributed by atoms with E-state index in [4.69, 9.17) is 8.37 Å². The first-order chi connectivity index (χ1) is 16.4. The van der Waals surface area contributed by atoms with Gasteiger partial charge in [0.1, 0.15) is 0 Å². The fraction of sp³-hybridized carbons (Fsp3) is 0.316. The van der Waals surface area contributed by atoms with Gasteiger partial charge in [-0.3, -0.25) is 28.6 Å². The lowest BCUT2D eigenvalue weighted by Gasteiger charge is -2.15. The van der Waals surface area contributed by atoms with E-state index in [1.807, 2.05) is 0 Å². The summed E-state index contributed by atoms with van der Waals surface area (Å²) in [4.78, 5) is 31.0. The molecule has 0 fully saturated rings. The summed E-state index contributed by atoms with van der Waals surface area (Å²) in [5.74, 6) is -1.07. The van der Waals surface area contributed by atoms with E-state index < -0.39 is 69.9 Å². The van der Waals surface area contributed by atoms with E-state index >= 15 is 0 Å². The molecule has 2 rings (SSSR count). The van der Waals surface area contributed by atoms with Gasteiger partial charge >= 0.3 is 26.2 Å². The number of unbranched alkanes of at least 4 members (excludes halogenated alkanes) is 1. The minimum Gasteiger partial charge on any atom is -0.467 e. The molecule has 35 heavy (non-hydrogen) atoms. The Balaban J connectivity index is 2.04. The van der Waals surface area contributed by atoms with Crippen molar-refractivity contribution in [3.63, 3.8) is 0 Å². The van der Waals surface area contributed by atoms with Crippen LogP contribution < -0.4 is 0 Å². The topological polar surface area (TPSA) is 199 Å². The molecule has 14 nitrogen and oxygen atoms in total. The highest BCUT2D eigenvalue weighted by molar-refractivity contribution is 7.87. The van der Waals surface area contributed by atoms with E-state index in [0.717, 1.165) is 31.4 Å². The fourth-order valence-corrected chi connectivity index (χ4v) is 5.18. The maximum atomic E-state index is 12.6. The maximum absolute atomic E-state index is 12.6. The van der Waals surface area contributed by atoms with Crippen molar-refractivity contribution in [2.45, 2.75) is 35.2 Å². The number of ether oxygens (including phenoxy) is 1. The highest BCUT2D eigenvalue weighted by Gasteiger charge is 2.33. The van der Waals surface area contributed by atoms with Crippen molar-refractivity contribution in [3.05, 3.63) is 68.8 Å². The molecule has 190 valence electrons. The van der Waals surface area contributed by atoms with Gasteiger partial charge in [-0.25, -0.2) is 4.79 Å². The first kappa shape index (κ1) is 27.8. The average molecular weight is 533 g/mol. The van der Waals surface area contributed by atoms with Crippen LogP contribution in [0.1, 0.15) is 19.3 Å². The van der Waals surface area contributed by atoms with Crippen molar-refractivity contribution < 1.29 is 44.6 Å². The van der Waals surface area contributed by atoms with Crippen LogP contribution in [0.25, 0.3) is 0 Å². The summed E-state index contributed by atoms with van der Waals surface area (Å²) < 4.78 is 63.9. The van der Waals surface area contributed by atoms with Crippen LogP contribution in [0, 0.1) is 20.2 Å². The van der Waals surface area contributed by atoms with Crippen LogP contribution in [0.4, 0.5) is 11.4 Å². The molecule has 0 heterocycles. The van der Waals surface area contributed by atoms with E-state index in [0.29, 0.717) is 0 Å². The van der Waals surface area contributed by atoms with Crippen molar-refractivity contribution >= 4 is 37.6 Å². The second-order valence-corrected chi connectivity index (χ2v) is 9.91. The molecule has 16 heteroatoms. The number of rotatable bonds is 13. The summed E-state index contributed by atoms with van der Waals surface area (Å²) in [6.07, 6.45) is -1.93. The normalized spacial score (nSPS) is 12.6.